The van der Waals surface area contributed by atoms with Gasteiger partial charge in [0.1, 0.15) is 12.4 Å². The minimum Gasteiger partial charge on any atom is -0.480 e. The predicted molar refractivity (Wildman–Crippen MR) is 60.7 cm³/mol. The Morgan fingerprint density at radius 1 is 1.65 bits per heavy atom. The molecule has 0 spiro atoms. The zero-order valence-electron chi connectivity index (χ0n) is 9.37. The number of aromatic nitrogens is 4. The fourth-order valence-corrected chi connectivity index (χ4v) is 1.57. The minimum absolute atomic E-state index is 0.436. The number of fused-ring (bicyclic) bond motifs is 1. The number of nitrogens with one attached hydrogen (secondary N) is 1. The lowest BCUT2D eigenvalue weighted by atomic mass is 10.2. The van der Waals surface area contributed by atoms with Gasteiger partial charge < -0.3 is 10.4 Å². The van der Waals surface area contributed by atoms with Gasteiger partial charge in [0.05, 0.1) is 0 Å². The van der Waals surface area contributed by atoms with Gasteiger partial charge in [-0.2, -0.15) is 0 Å². The lowest BCUT2D eigenvalue weighted by Crippen LogP contribution is -2.29. The van der Waals surface area contributed by atoms with Crippen LogP contribution in [0.25, 0.3) is 5.65 Å². The molecule has 90 valence electrons. The monoisotopic (exact) mass is 235 g/mol. The molecule has 2 rings (SSSR count). The number of hydrogen-bond acceptors (Lipinski definition) is 5. The molecule has 0 amide bonds. The van der Waals surface area contributed by atoms with Gasteiger partial charge in [-0.1, -0.05) is 13.3 Å². The maximum absolute atomic E-state index is 11.0. The Bertz CT molecular complexity index is 524. The van der Waals surface area contributed by atoms with Crippen LogP contribution in [0.4, 0.5) is 5.82 Å². The quantitative estimate of drug-likeness (QED) is 0.796. The lowest BCUT2D eigenvalue weighted by Gasteiger charge is -2.13. The van der Waals surface area contributed by atoms with Crippen LogP contribution in [0.15, 0.2) is 18.7 Å². The number of hydrogen-bond donors (Lipinski definition) is 2. The van der Waals surface area contributed by atoms with E-state index in [4.69, 9.17) is 5.11 Å². The lowest BCUT2D eigenvalue weighted by molar-refractivity contribution is -0.138. The summed E-state index contributed by atoms with van der Waals surface area (Å²) in [5.41, 5.74) is 0.523. The van der Waals surface area contributed by atoms with Crippen LogP contribution in [0.2, 0.25) is 0 Å². The summed E-state index contributed by atoms with van der Waals surface area (Å²) in [4.78, 5) is 15.1. The van der Waals surface area contributed by atoms with Gasteiger partial charge in [-0.05, 0) is 6.42 Å². The van der Waals surface area contributed by atoms with Crippen LogP contribution in [0.5, 0.6) is 0 Å². The van der Waals surface area contributed by atoms with Crippen molar-refractivity contribution in [3.63, 3.8) is 0 Å². The highest BCUT2D eigenvalue weighted by Gasteiger charge is 2.18. The first-order chi connectivity index (χ1) is 8.22. The highest BCUT2D eigenvalue weighted by atomic mass is 16.4. The fourth-order valence-electron chi connectivity index (χ4n) is 1.57. The van der Waals surface area contributed by atoms with Crippen molar-refractivity contribution >= 4 is 17.4 Å². The number of nitrogens with zero attached hydrogens (tertiary/aromatic N) is 4. The summed E-state index contributed by atoms with van der Waals surface area (Å²) in [6, 6.07) is -0.657. The van der Waals surface area contributed by atoms with Crippen molar-refractivity contribution in [3.8, 4) is 0 Å². The molecule has 0 aliphatic carbocycles. The molecule has 2 N–H and O–H groups in total. The summed E-state index contributed by atoms with van der Waals surface area (Å²) in [6.45, 7) is 1.93. The third-order valence-electron chi connectivity index (χ3n) is 2.40. The molecule has 7 heteroatoms. The van der Waals surface area contributed by atoms with Crippen LogP contribution in [-0.4, -0.2) is 36.7 Å². The Labute approximate surface area is 97.5 Å². The molecule has 2 aromatic heterocycles. The largest absolute Gasteiger partial charge is 0.480 e. The molecule has 0 aliphatic heterocycles. The number of carboxylic acid groups (broad SMARTS) is 1. The molecule has 17 heavy (non-hydrogen) atoms. The number of carbonyl (C=O) groups is 1. The van der Waals surface area contributed by atoms with E-state index in [2.05, 4.69) is 20.5 Å². The van der Waals surface area contributed by atoms with Gasteiger partial charge in [0, 0.05) is 12.4 Å². The Morgan fingerprint density at radius 3 is 3.18 bits per heavy atom. The van der Waals surface area contributed by atoms with Crippen LogP contribution in [0, 0.1) is 0 Å². The van der Waals surface area contributed by atoms with Gasteiger partial charge in [0.25, 0.3) is 0 Å². The van der Waals surface area contributed by atoms with Crippen molar-refractivity contribution in [2.75, 3.05) is 5.32 Å². The second-order valence-corrected chi connectivity index (χ2v) is 3.66. The molecule has 1 atom stereocenters. The smallest absolute Gasteiger partial charge is 0.326 e. The second-order valence-electron chi connectivity index (χ2n) is 3.66. The molecule has 1 unspecified atom stereocenters. The first-order valence-corrected chi connectivity index (χ1v) is 5.36. The number of rotatable bonds is 5. The van der Waals surface area contributed by atoms with Crippen molar-refractivity contribution in [2.45, 2.75) is 25.8 Å². The zero-order chi connectivity index (χ0) is 12.3. The molecule has 0 saturated heterocycles. The normalized spacial score (nSPS) is 12.5. The van der Waals surface area contributed by atoms with E-state index in [9.17, 15) is 4.79 Å². The summed E-state index contributed by atoms with van der Waals surface area (Å²) >= 11 is 0. The molecular formula is C10H13N5O2. The third kappa shape index (κ3) is 2.32. The summed E-state index contributed by atoms with van der Waals surface area (Å²) < 4.78 is 1.68. The zero-order valence-corrected chi connectivity index (χ0v) is 9.37. The van der Waals surface area contributed by atoms with Gasteiger partial charge in [-0.3, -0.25) is 4.40 Å². The Hall–Kier alpha value is -2.18. The Kier molecular flexibility index (Phi) is 3.17. The van der Waals surface area contributed by atoms with Gasteiger partial charge in [-0.25, -0.2) is 9.78 Å². The van der Waals surface area contributed by atoms with Gasteiger partial charge >= 0.3 is 5.97 Å². The molecule has 2 aromatic rings. The Morgan fingerprint density at radius 2 is 2.47 bits per heavy atom. The van der Waals surface area contributed by atoms with Crippen molar-refractivity contribution in [3.05, 3.63) is 18.7 Å². The molecule has 0 saturated carbocycles. The van der Waals surface area contributed by atoms with Crippen LogP contribution >= 0.6 is 0 Å². The van der Waals surface area contributed by atoms with E-state index >= 15 is 0 Å². The van der Waals surface area contributed by atoms with E-state index in [1.54, 1.807) is 16.8 Å². The molecular weight excluding hydrogens is 222 g/mol. The van der Waals surface area contributed by atoms with Crippen molar-refractivity contribution in [2.24, 2.45) is 0 Å². The number of carboxylic acids is 1. The average molecular weight is 235 g/mol. The molecule has 0 bridgehead atoms. The fraction of sp³-hybridized carbons (Fsp3) is 0.400. The Balaban J connectivity index is 2.27. The summed E-state index contributed by atoms with van der Waals surface area (Å²) in [6.07, 6.45) is 6.13. The van der Waals surface area contributed by atoms with E-state index < -0.39 is 12.0 Å². The minimum atomic E-state index is -0.893. The van der Waals surface area contributed by atoms with E-state index in [0.29, 0.717) is 17.9 Å². The highest BCUT2D eigenvalue weighted by Crippen LogP contribution is 2.13. The van der Waals surface area contributed by atoms with E-state index in [1.165, 1.54) is 6.33 Å². The first kappa shape index (κ1) is 11.3. The van der Waals surface area contributed by atoms with Crippen LogP contribution in [0.3, 0.4) is 0 Å². The van der Waals surface area contributed by atoms with Crippen molar-refractivity contribution < 1.29 is 9.90 Å². The summed E-state index contributed by atoms with van der Waals surface area (Å²) in [7, 11) is 0. The third-order valence-corrected chi connectivity index (χ3v) is 2.40. The molecule has 7 nitrogen and oxygen atoms in total. The summed E-state index contributed by atoms with van der Waals surface area (Å²) in [5, 5.41) is 19.6. The van der Waals surface area contributed by atoms with Crippen LogP contribution < -0.4 is 5.32 Å². The molecule has 0 aromatic carbocycles. The topological polar surface area (TPSA) is 92.4 Å². The van der Waals surface area contributed by atoms with E-state index in [1.807, 2.05) is 6.92 Å². The van der Waals surface area contributed by atoms with Crippen molar-refractivity contribution in [1.29, 1.82) is 0 Å². The second kappa shape index (κ2) is 4.77. The number of aliphatic carboxylic acids is 1. The molecule has 0 aliphatic rings. The van der Waals surface area contributed by atoms with E-state index in [-0.39, 0.29) is 0 Å². The molecule has 0 radical (unpaired) electrons. The number of anilines is 1. The maximum atomic E-state index is 11.0. The van der Waals surface area contributed by atoms with Gasteiger partial charge in [-0.15, -0.1) is 10.2 Å². The highest BCUT2D eigenvalue weighted by molar-refractivity contribution is 5.78. The standard InChI is InChI=1S/C10H13N5O2/c1-2-3-7(10(16)17)13-8-9-14-12-6-15(9)5-4-11-8/h4-7H,2-3H2,1H3,(H,11,13)(H,16,17). The average Bonchev–Trinajstić information content (AvgIpc) is 2.77. The van der Waals surface area contributed by atoms with Crippen molar-refractivity contribution in [1.82, 2.24) is 19.6 Å². The van der Waals surface area contributed by atoms with Crippen LogP contribution in [-0.2, 0) is 4.79 Å². The van der Waals surface area contributed by atoms with Gasteiger partial charge in [0.15, 0.2) is 5.82 Å². The van der Waals surface area contributed by atoms with E-state index in [0.717, 1.165) is 6.42 Å². The summed E-state index contributed by atoms with van der Waals surface area (Å²) in [5.74, 6) is -0.457. The van der Waals surface area contributed by atoms with Crippen LogP contribution in [0.1, 0.15) is 19.8 Å². The first-order valence-electron chi connectivity index (χ1n) is 5.36. The SMILES string of the molecule is CCCC(Nc1nccn2cnnc12)C(=O)O. The van der Waals surface area contributed by atoms with Gasteiger partial charge in [0.2, 0.25) is 5.65 Å². The predicted octanol–water partition coefficient (Wildman–Crippen LogP) is 0.789. The maximum Gasteiger partial charge on any atom is 0.326 e. The molecule has 2 heterocycles. The molecule has 0 fully saturated rings.